The first-order valence-electron chi connectivity index (χ1n) is 5.89. The zero-order valence-corrected chi connectivity index (χ0v) is 11.1. The van der Waals surface area contributed by atoms with Gasteiger partial charge in [0, 0.05) is 17.8 Å². The maximum Gasteiger partial charge on any atom is 0.275 e. The van der Waals surface area contributed by atoms with Crippen molar-refractivity contribution in [1.82, 2.24) is 9.55 Å². The van der Waals surface area contributed by atoms with E-state index in [0.29, 0.717) is 5.13 Å². The number of hydrogen-bond acceptors (Lipinski definition) is 3. The lowest BCUT2D eigenvalue weighted by Crippen LogP contribution is -2.13. The molecule has 0 spiro atoms. The third-order valence-corrected chi connectivity index (χ3v) is 3.53. The van der Waals surface area contributed by atoms with Crippen molar-refractivity contribution in [2.45, 2.75) is 0 Å². The molecule has 2 aromatic heterocycles. The summed E-state index contributed by atoms with van der Waals surface area (Å²) in [5.74, 6) is -0.897. The van der Waals surface area contributed by atoms with Gasteiger partial charge in [0.1, 0.15) is 11.5 Å². The summed E-state index contributed by atoms with van der Waals surface area (Å²) < 4.78 is 15.3. The van der Waals surface area contributed by atoms with Crippen molar-refractivity contribution in [3.63, 3.8) is 0 Å². The zero-order chi connectivity index (χ0) is 13.9. The Hall–Kier alpha value is -2.47. The van der Waals surface area contributed by atoms with Crippen molar-refractivity contribution in [1.29, 1.82) is 0 Å². The van der Waals surface area contributed by atoms with Crippen LogP contribution >= 0.6 is 11.3 Å². The zero-order valence-electron chi connectivity index (χ0n) is 10.3. The van der Waals surface area contributed by atoms with Gasteiger partial charge in [0.05, 0.1) is 5.69 Å². The summed E-state index contributed by atoms with van der Waals surface area (Å²) in [5.41, 5.74) is 0.412. The molecule has 0 radical (unpaired) electrons. The SMILES string of the molecule is O=C(Nc1ccccc1F)c1csc(-n2cccc2)n1. The topological polar surface area (TPSA) is 46.9 Å². The van der Waals surface area contributed by atoms with E-state index in [-0.39, 0.29) is 11.4 Å². The predicted molar refractivity (Wildman–Crippen MR) is 75.8 cm³/mol. The number of anilines is 1. The highest BCUT2D eigenvalue weighted by Crippen LogP contribution is 2.17. The Morgan fingerprint density at radius 3 is 2.70 bits per heavy atom. The van der Waals surface area contributed by atoms with Gasteiger partial charge in [-0.1, -0.05) is 12.1 Å². The number of para-hydroxylation sites is 1. The van der Waals surface area contributed by atoms with E-state index in [1.54, 1.807) is 17.5 Å². The lowest BCUT2D eigenvalue weighted by molar-refractivity contribution is 0.102. The van der Waals surface area contributed by atoms with E-state index in [9.17, 15) is 9.18 Å². The van der Waals surface area contributed by atoms with Gasteiger partial charge in [-0.15, -0.1) is 11.3 Å². The van der Waals surface area contributed by atoms with Gasteiger partial charge in [0.15, 0.2) is 5.13 Å². The smallest absolute Gasteiger partial charge is 0.275 e. The predicted octanol–water partition coefficient (Wildman–Crippen LogP) is 3.33. The number of rotatable bonds is 3. The average molecular weight is 287 g/mol. The van der Waals surface area contributed by atoms with Gasteiger partial charge in [-0.2, -0.15) is 0 Å². The third-order valence-electron chi connectivity index (χ3n) is 2.67. The molecule has 0 aliphatic carbocycles. The van der Waals surface area contributed by atoms with E-state index >= 15 is 0 Å². The molecule has 0 atom stereocenters. The van der Waals surface area contributed by atoms with Crippen LogP contribution in [-0.4, -0.2) is 15.5 Å². The quantitative estimate of drug-likeness (QED) is 0.803. The van der Waals surface area contributed by atoms with Gasteiger partial charge in [-0.05, 0) is 24.3 Å². The summed E-state index contributed by atoms with van der Waals surface area (Å²) in [5, 5.41) is 4.84. The first-order valence-corrected chi connectivity index (χ1v) is 6.77. The molecule has 100 valence electrons. The van der Waals surface area contributed by atoms with E-state index in [2.05, 4.69) is 10.3 Å². The largest absolute Gasteiger partial charge is 0.318 e. The van der Waals surface area contributed by atoms with Crippen LogP contribution in [0.3, 0.4) is 0 Å². The fourth-order valence-electron chi connectivity index (χ4n) is 1.70. The van der Waals surface area contributed by atoms with Crippen molar-refractivity contribution in [3.05, 3.63) is 65.7 Å². The van der Waals surface area contributed by atoms with Crippen LogP contribution in [0.5, 0.6) is 0 Å². The lowest BCUT2D eigenvalue weighted by Gasteiger charge is -2.03. The van der Waals surface area contributed by atoms with Crippen LogP contribution in [0.1, 0.15) is 10.5 Å². The summed E-state index contributed by atoms with van der Waals surface area (Å²) >= 11 is 1.35. The van der Waals surface area contributed by atoms with Crippen LogP contribution in [0.15, 0.2) is 54.2 Å². The highest BCUT2D eigenvalue weighted by atomic mass is 32.1. The molecule has 0 saturated heterocycles. The summed E-state index contributed by atoms with van der Waals surface area (Å²) in [6.45, 7) is 0. The van der Waals surface area contributed by atoms with Crippen LogP contribution in [0.25, 0.3) is 5.13 Å². The van der Waals surface area contributed by atoms with Crippen molar-refractivity contribution in [2.24, 2.45) is 0 Å². The molecule has 0 saturated carbocycles. The van der Waals surface area contributed by atoms with Gasteiger partial charge in [0.2, 0.25) is 0 Å². The maximum atomic E-state index is 13.5. The van der Waals surface area contributed by atoms with Gasteiger partial charge in [-0.3, -0.25) is 4.79 Å². The van der Waals surface area contributed by atoms with Crippen molar-refractivity contribution < 1.29 is 9.18 Å². The molecule has 0 unspecified atom stereocenters. The third kappa shape index (κ3) is 2.46. The van der Waals surface area contributed by atoms with E-state index in [1.807, 2.05) is 29.1 Å². The Balaban J connectivity index is 1.80. The van der Waals surface area contributed by atoms with Gasteiger partial charge >= 0.3 is 0 Å². The molecule has 20 heavy (non-hydrogen) atoms. The van der Waals surface area contributed by atoms with Crippen molar-refractivity contribution in [3.8, 4) is 5.13 Å². The number of amides is 1. The monoisotopic (exact) mass is 287 g/mol. The second-order valence-corrected chi connectivity index (χ2v) is 4.88. The minimum atomic E-state index is -0.471. The molecule has 0 aliphatic heterocycles. The first kappa shape index (κ1) is 12.6. The normalized spacial score (nSPS) is 10.4. The number of hydrogen-bond donors (Lipinski definition) is 1. The maximum absolute atomic E-state index is 13.5. The number of nitrogens with one attached hydrogen (secondary N) is 1. The molecule has 1 N–H and O–H groups in total. The Morgan fingerprint density at radius 2 is 1.95 bits per heavy atom. The minimum Gasteiger partial charge on any atom is -0.318 e. The van der Waals surface area contributed by atoms with Crippen LogP contribution in [0, 0.1) is 5.82 Å². The van der Waals surface area contributed by atoms with Crippen LogP contribution in [0.4, 0.5) is 10.1 Å². The molecule has 0 fully saturated rings. The summed E-state index contributed by atoms with van der Waals surface area (Å²) in [7, 11) is 0. The summed E-state index contributed by atoms with van der Waals surface area (Å²) in [4.78, 5) is 16.2. The molecule has 6 heteroatoms. The number of nitrogens with zero attached hydrogens (tertiary/aromatic N) is 2. The number of thiazole rings is 1. The molecule has 3 rings (SSSR count). The Bertz CT molecular complexity index is 736. The summed E-state index contributed by atoms with van der Waals surface area (Å²) in [6, 6.07) is 9.78. The van der Waals surface area contributed by atoms with Crippen molar-refractivity contribution >= 4 is 22.9 Å². The molecular weight excluding hydrogens is 277 g/mol. The second kappa shape index (κ2) is 5.26. The Kier molecular flexibility index (Phi) is 3.30. The lowest BCUT2D eigenvalue weighted by atomic mass is 10.3. The van der Waals surface area contributed by atoms with Crippen LogP contribution in [-0.2, 0) is 0 Å². The van der Waals surface area contributed by atoms with Gasteiger partial charge in [-0.25, -0.2) is 9.37 Å². The molecule has 2 heterocycles. The molecule has 3 aromatic rings. The fraction of sp³-hybridized carbons (Fsp3) is 0. The highest BCUT2D eigenvalue weighted by Gasteiger charge is 2.13. The van der Waals surface area contributed by atoms with E-state index in [4.69, 9.17) is 0 Å². The highest BCUT2D eigenvalue weighted by molar-refractivity contribution is 7.12. The van der Waals surface area contributed by atoms with Crippen LogP contribution < -0.4 is 5.32 Å². The number of carbonyl (C=O) groups excluding carboxylic acids is 1. The van der Waals surface area contributed by atoms with Gasteiger partial charge < -0.3 is 9.88 Å². The fourth-order valence-corrected chi connectivity index (χ4v) is 2.47. The van der Waals surface area contributed by atoms with Gasteiger partial charge in [0.25, 0.3) is 5.91 Å². The van der Waals surface area contributed by atoms with Crippen LogP contribution in [0.2, 0.25) is 0 Å². The standard InChI is InChI=1S/C14H10FN3OS/c15-10-5-1-2-6-11(10)16-13(19)12-9-20-14(17-12)18-7-3-4-8-18/h1-9H,(H,16,19). The number of halogens is 1. The van der Waals surface area contributed by atoms with Crippen molar-refractivity contribution in [2.75, 3.05) is 5.32 Å². The molecule has 1 aromatic carbocycles. The van der Waals surface area contributed by atoms with E-state index < -0.39 is 11.7 Å². The Morgan fingerprint density at radius 1 is 1.20 bits per heavy atom. The molecule has 0 bridgehead atoms. The number of benzene rings is 1. The minimum absolute atomic E-state index is 0.146. The summed E-state index contributed by atoms with van der Waals surface area (Å²) in [6.07, 6.45) is 3.69. The molecule has 1 amide bonds. The molecule has 4 nitrogen and oxygen atoms in total. The number of carbonyl (C=O) groups is 1. The van der Waals surface area contributed by atoms with E-state index in [0.717, 1.165) is 0 Å². The molecule has 0 aliphatic rings. The second-order valence-electron chi connectivity index (χ2n) is 4.04. The van der Waals surface area contributed by atoms with E-state index in [1.165, 1.54) is 23.5 Å². The molecular formula is C14H10FN3OS. The Labute approximate surface area is 118 Å². The first-order chi connectivity index (χ1) is 9.74. The number of aromatic nitrogens is 2. The average Bonchev–Trinajstić information content (AvgIpc) is 3.11.